The number of aromatic nitrogens is 1. The standard InChI is InChI=1S/C10H13ClN2O/c11-9-7-8(1-5-12-9)13-10(2-3-10)4-6-14/h1,5,7,14H,2-4,6H2,(H,12,13). The molecular formula is C10H13ClN2O. The van der Waals surface area contributed by atoms with Gasteiger partial charge in [0.25, 0.3) is 0 Å². The molecule has 1 saturated carbocycles. The highest BCUT2D eigenvalue weighted by atomic mass is 35.5. The van der Waals surface area contributed by atoms with Crippen LogP contribution >= 0.6 is 11.6 Å². The van der Waals surface area contributed by atoms with E-state index < -0.39 is 0 Å². The lowest BCUT2D eigenvalue weighted by atomic mass is 10.2. The van der Waals surface area contributed by atoms with Crippen LogP contribution in [0.25, 0.3) is 0 Å². The van der Waals surface area contributed by atoms with Gasteiger partial charge in [0.2, 0.25) is 0 Å². The van der Waals surface area contributed by atoms with Gasteiger partial charge in [-0.25, -0.2) is 4.98 Å². The Morgan fingerprint density at radius 1 is 1.57 bits per heavy atom. The minimum atomic E-state index is 0.111. The molecule has 1 aromatic heterocycles. The molecule has 76 valence electrons. The predicted octanol–water partition coefficient (Wildman–Crippen LogP) is 2.06. The topological polar surface area (TPSA) is 45.1 Å². The van der Waals surface area contributed by atoms with Crippen molar-refractivity contribution in [3.8, 4) is 0 Å². The number of rotatable bonds is 4. The summed E-state index contributed by atoms with van der Waals surface area (Å²) in [5.74, 6) is 0. The molecule has 0 amide bonds. The van der Waals surface area contributed by atoms with E-state index in [2.05, 4.69) is 10.3 Å². The van der Waals surface area contributed by atoms with Crippen molar-refractivity contribution in [1.29, 1.82) is 0 Å². The summed E-state index contributed by atoms with van der Waals surface area (Å²) in [6.45, 7) is 0.228. The normalized spacial score (nSPS) is 17.9. The van der Waals surface area contributed by atoms with Crippen LogP contribution in [0.5, 0.6) is 0 Å². The van der Waals surface area contributed by atoms with E-state index in [0.29, 0.717) is 5.15 Å². The van der Waals surface area contributed by atoms with Gasteiger partial charge in [-0.1, -0.05) is 11.6 Å². The highest BCUT2D eigenvalue weighted by molar-refractivity contribution is 6.29. The van der Waals surface area contributed by atoms with E-state index in [1.54, 1.807) is 12.3 Å². The van der Waals surface area contributed by atoms with Crippen LogP contribution in [0.1, 0.15) is 19.3 Å². The Labute approximate surface area is 88.1 Å². The van der Waals surface area contributed by atoms with Crippen molar-refractivity contribution in [3.05, 3.63) is 23.5 Å². The summed E-state index contributed by atoms with van der Waals surface area (Å²) in [4.78, 5) is 3.91. The number of nitrogens with zero attached hydrogens (tertiary/aromatic N) is 1. The minimum absolute atomic E-state index is 0.111. The van der Waals surface area contributed by atoms with Gasteiger partial charge in [0, 0.05) is 24.0 Å². The number of hydrogen-bond donors (Lipinski definition) is 2. The maximum Gasteiger partial charge on any atom is 0.131 e. The van der Waals surface area contributed by atoms with E-state index in [1.807, 2.05) is 6.07 Å². The Balaban J connectivity index is 2.03. The number of aliphatic hydroxyl groups excluding tert-OH is 1. The van der Waals surface area contributed by atoms with Gasteiger partial charge in [0.05, 0.1) is 0 Å². The number of anilines is 1. The molecule has 3 nitrogen and oxygen atoms in total. The summed E-state index contributed by atoms with van der Waals surface area (Å²) in [6.07, 6.45) is 4.72. The van der Waals surface area contributed by atoms with Crippen molar-refractivity contribution in [2.45, 2.75) is 24.8 Å². The first-order valence-corrected chi connectivity index (χ1v) is 5.12. The molecule has 0 aromatic carbocycles. The lowest BCUT2D eigenvalue weighted by Gasteiger charge is -2.17. The molecule has 0 spiro atoms. The van der Waals surface area contributed by atoms with E-state index in [9.17, 15) is 0 Å². The lowest BCUT2D eigenvalue weighted by molar-refractivity contribution is 0.276. The van der Waals surface area contributed by atoms with Crippen molar-refractivity contribution in [2.24, 2.45) is 0 Å². The Hall–Kier alpha value is -0.800. The summed E-state index contributed by atoms with van der Waals surface area (Å²) >= 11 is 5.77. The first-order chi connectivity index (χ1) is 6.74. The highest BCUT2D eigenvalue weighted by Crippen LogP contribution is 2.41. The fourth-order valence-corrected chi connectivity index (χ4v) is 1.76. The van der Waals surface area contributed by atoms with Gasteiger partial charge >= 0.3 is 0 Å². The van der Waals surface area contributed by atoms with Crippen molar-refractivity contribution in [2.75, 3.05) is 11.9 Å². The van der Waals surface area contributed by atoms with Crippen LogP contribution in [-0.4, -0.2) is 22.2 Å². The molecule has 0 aliphatic heterocycles. The first-order valence-electron chi connectivity index (χ1n) is 4.75. The number of halogens is 1. The maximum absolute atomic E-state index is 8.90. The van der Waals surface area contributed by atoms with Crippen molar-refractivity contribution < 1.29 is 5.11 Å². The second-order valence-corrected chi connectivity index (χ2v) is 4.13. The number of nitrogens with one attached hydrogen (secondary N) is 1. The average Bonchev–Trinajstić information content (AvgIpc) is 2.85. The van der Waals surface area contributed by atoms with E-state index in [0.717, 1.165) is 24.9 Å². The molecule has 0 unspecified atom stereocenters. The third kappa shape index (κ3) is 2.16. The van der Waals surface area contributed by atoms with Gasteiger partial charge in [-0.3, -0.25) is 0 Å². The number of pyridine rings is 1. The fourth-order valence-electron chi connectivity index (χ4n) is 1.59. The average molecular weight is 213 g/mol. The molecule has 4 heteroatoms. The first kappa shape index (κ1) is 9.74. The van der Waals surface area contributed by atoms with E-state index in [-0.39, 0.29) is 12.1 Å². The molecule has 1 fully saturated rings. The van der Waals surface area contributed by atoms with Gasteiger partial charge in [0.1, 0.15) is 5.15 Å². The second-order valence-electron chi connectivity index (χ2n) is 3.75. The van der Waals surface area contributed by atoms with Gasteiger partial charge in [-0.15, -0.1) is 0 Å². The quantitative estimate of drug-likeness (QED) is 0.751. The van der Waals surface area contributed by atoms with Crippen LogP contribution in [0.3, 0.4) is 0 Å². The Morgan fingerprint density at radius 3 is 2.93 bits per heavy atom. The summed E-state index contributed by atoms with van der Waals surface area (Å²) in [5.41, 5.74) is 1.09. The summed E-state index contributed by atoms with van der Waals surface area (Å²) in [7, 11) is 0. The summed E-state index contributed by atoms with van der Waals surface area (Å²) in [6, 6.07) is 3.70. The number of hydrogen-bond acceptors (Lipinski definition) is 3. The third-order valence-electron chi connectivity index (χ3n) is 2.58. The molecule has 14 heavy (non-hydrogen) atoms. The molecule has 2 N–H and O–H groups in total. The molecule has 0 bridgehead atoms. The molecule has 0 radical (unpaired) electrons. The summed E-state index contributed by atoms with van der Waals surface area (Å²) < 4.78 is 0. The maximum atomic E-state index is 8.90. The van der Waals surface area contributed by atoms with Crippen LogP contribution < -0.4 is 5.32 Å². The molecule has 0 saturated heterocycles. The zero-order valence-corrected chi connectivity index (χ0v) is 8.59. The molecule has 1 aliphatic rings. The molecule has 2 rings (SSSR count). The van der Waals surface area contributed by atoms with Gasteiger partial charge in [-0.2, -0.15) is 0 Å². The zero-order chi connectivity index (χ0) is 10.0. The van der Waals surface area contributed by atoms with Gasteiger partial charge < -0.3 is 10.4 Å². The Morgan fingerprint density at radius 2 is 2.36 bits per heavy atom. The largest absolute Gasteiger partial charge is 0.396 e. The molecule has 1 heterocycles. The molecule has 1 aliphatic carbocycles. The smallest absolute Gasteiger partial charge is 0.131 e. The lowest BCUT2D eigenvalue weighted by Crippen LogP contribution is -2.22. The van der Waals surface area contributed by atoms with Crippen LogP contribution in [-0.2, 0) is 0 Å². The molecule has 0 atom stereocenters. The van der Waals surface area contributed by atoms with E-state index in [1.165, 1.54) is 0 Å². The zero-order valence-electron chi connectivity index (χ0n) is 7.83. The SMILES string of the molecule is OCCC1(Nc2ccnc(Cl)c2)CC1. The van der Waals surface area contributed by atoms with E-state index >= 15 is 0 Å². The molecule has 1 aromatic rings. The van der Waals surface area contributed by atoms with Gasteiger partial charge in [0.15, 0.2) is 0 Å². The third-order valence-corrected chi connectivity index (χ3v) is 2.79. The Kier molecular flexibility index (Phi) is 2.61. The summed E-state index contributed by atoms with van der Waals surface area (Å²) in [5, 5.41) is 12.8. The van der Waals surface area contributed by atoms with Crippen molar-refractivity contribution in [1.82, 2.24) is 4.98 Å². The van der Waals surface area contributed by atoms with Crippen LogP contribution in [0.2, 0.25) is 5.15 Å². The second kappa shape index (κ2) is 3.75. The Bertz CT molecular complexity index is 326. The van der Waals surface area contributed by atoms with Crippen LogP contribution in [0.4, 0.5) is 5.69 Å². The van der Waals surface area contributed by atoms with Crippen molar-refractivity contribution >= 4 is 17.3 Å². The predicted molar refractivity (Wildman–Crippen MR) is 56.5 cm³/mol. The fraction of sp³-hybridized carbons (Fsp3) is 0.500. The van der Waals surface area contributed by atoms with Crippen LogP contribution in [0.15, 0.2) is 18.3 Å². The van der Waals surface area contributed by atoms with Crippen LogP contribution in [0, 0.1) is 0 Å². The monoisotopic (exact) mass is 212 g/mol. The highest BCUT2D eigenvalue weighted by Gasteiger charge is 2.41. The van der Waals surface area contributed by atoms with Crippen molar-refractivity contribution in [3.63, 3.8) is 0 Å². The van der Waals surface area contributed by atoms with Gasteiger partial charge in [-0.05, 0) is 31.4 Å². The van der Waals surface area contributed by atoms with E-state index in [4.69, 9.17) is 16.7 Å². The minimum Gasteiger partial charge on any atom is -0.396 e. The number of aliphatic hydroxyl groups is 1. The molecular weight excluding hydrogens is 200 g/mol.